The topological polar surface area (TPSA) is 46.3 Å². The number of nitrogens with zero attached hydrogens (tertiary/aromatic N) is 1. The summed E-state index contributed by atoms with van der Waals surface area (Å²) in [7, 11) is 0. The number of carbonyl (C=O) groups excluding carboxylic acids is 1. The molecule has 3 nitrogen and oxygen atoms in total. The van der Waals surface area contributed by atoms with E-state index in [9.17, 15) is 13.6 Å². The molecule has 1 aliphatic heterocycles. The van der Waals surface area contributed by atoms with Crippen molar-refractivity contribution in [2.45, 2.75) is 12.5 Å². The van der Waals surface area contributed by atoms with Crippen molar-refractivity contribution in [3.05, 3.63) is 28.8 Å². The number of benzene rings is 1. The first-order chi connectivity index (χ1) is 7.49. The van der Waals surface area contributed by atoms with Gasteiger partial charge in [0.05, 0.1) is 10.7 Å². The number of amides is 1. The maximum atomic E-state index is 13.0. The van der Waals surface area contributed by atoms with Gasteiger partial charge in [0.2, 0.25) is 5.91 Å². The smallest absolute Gasteiger partial charge is 0.228 e. The normalized spacial score (nSPS) is 20.6. The van der Waals surface area contributed by atoms with Crippen molar-refractivity contribution in [3.63, 3.8) is 0 Å². The third-order valence-electron chi connectivity index (χ3n) is 2.44. The predicted molar refractivity (Wildman–Crippen MR) is 56.3 cm³/mol. The molecule has 1 heterocycles. The van der Waals surface area contributed by atoms with E-state index in [0.29, 0.717) is 0 Å². The Bertz CT molecular complexity index is 453. The van der Waals surface area contributed by atoms with Crippen LogP contribution in [0.1, 0.15) is 6.42 Å². The molecule has 1 amide bonds. The zero-order chi connectivity index (χ0) is 11.9. The molecule has 1 unspecified atom stereocenters. The number of nitrogens with two attached hydrogens (primary N) is 1. The Hall–Kier alpha value is -1.20. The van der Waals surface area contributed by atoms with E-state index in [2.05, 4.69) is 0 Å². The second-order valence-electron chi connectivity index (χ2n) is 3.69. The lowest BCUT2D eigenvalue weighted by Gasteiger charge is -2.17. The number of hydrogen-bond acceptors (Lipinski definition) is 2. The molecule has 0 spiro atoms. The summed E-state index contributed by atoms with van der Waals surface area (Å²) < 4.78 is 25.9. The molecule has 1 fully saturated rings. The molecule has 16 heavy (non-hydrogen) atoms. The van der Waals surface area contributed by atoms with Gasteiger partial charge in [-0.25, -0.2) is 8.78 Å². The lowest BCUT2D eigenvalue weighted by atomic mass is 10.2. The minimum atomic E-state index is -1.04. The number of halogens is 3. The van der Waals surface area contributed by atoms with E-state index in [-0.39, 0.29) is 35.6 Å². The zero-order valence-electron chi connectivity index (χ0n) is 8.21. The van der Waals surface area contributed by atoms with Gasteiger partial charge in [-0.3, -0.25) is 4.79 Å². The lowest BCUT2D eigenvalue weighted by molar-refractivity contribution is -0.117. The monoisotopic (exact) mass is 246 g/mol. The molecule has 0 aromatic heterocycles. The summed E-state index contributed by atoms with van der Waals surface area (Å²) >= 11 is 5.75. The van der Waals surface area contributed by atoms with Crippen LogP contribution in [0, 0.1) is 11.6 Å². The summed E-state index contributed by atoms with van der Waals surface area (Å²) in [6, 6.07) is 1.47. The van der Waals surface area contributed by atoms with E-state index in [1.165, 1.54) is 4.90 Å². The van der Waals surface area contributed by atoms with Gasteiger partial charge in [-0.05, 0) is 6.07 Å². The largest absolute Gasteiger partial charge is 0.326 e. The molecule has 2 rings (SSSR count). The minimum absolute atomic E-state index is 0.00125. The zero-order valence-corrected chi connectivity index (χ0v) is 8.97. The van der Waals surface area contributed by atoms with Crippen LogP contribution in [0.2, 0.25) is 5.02 Å². The number of anilines is 1. The first kappa shape index (κ1) is 11.3. The molecule has 2 N–H and O–H groups in total. The van der Waals surface area contributed by atoms with Crippen molar-refractivity contribution >= 4 is 23.2 Å². The third-order valence-corrected chi connectivity index (χ3v) is 2.74. The van der Waals surface area contributed by atoms with E-state index in [1.807, 2.05) is 0 Å². The van der Waals surface area contributed by atoms with Crippen molar-refractivity contribution in [2.75, 3.05) is 11.4 Å². The summed E-state index contributed by atoms with van der Waals surface area (Å²) in [5.74, 6) is -2.31. The maximum Gasteiger partial charge on any atom is 0.228 e. The maximum absolute atomic E-state index is 13.0. The van der Waals surface area contributed by atoms with Gasteiger partial charge in [0.15, 0.2) is 11.6 Å². The Morgan fingerprint density at radius 3 is 2.56 bits per heavy atom. The Balaban J connectivity index is 2.41. The van der Waals surface area contributed by atoms with E-state index >= 15 is 0 Å². The van der Waals surface area contributed by atoms with E-state index in [1.54, 1.807) is 0 Å². The number of carbonyl (C=O) groups is 1. The van der Waals surface area contributed by atoms with E-state index < -0.39 is 11.6 Å². The second-order valence-corrected chi connectivity index (χ2v) is 4.09. The standard InChI is InChI=1S/C10H9ClF2N2O/c11-6-2-7(12)8(13)3-9(6)15-4-5(14)1-10(15)16/h2-3,5H,1,4,14H2. The van der Waals surface area contributed by atoms with Crippen LogP contribution < -0.4 is 10.6 Å². The summed E-state index contributed by atoms with van der Waals surface area (Å²) in [5.41, 5.74) is 5.76. The van der Waals surface area contributed by atoms with Crippen LogP contribution in [0.5, 0.6) is 0 Å². The molecule has 0 aliphatic carbocycles. The average Bonchev–Trinajstić information content (AvgIpc) is 2.51. The minimum Gasteiger partial charge on any atom is -0.326 e. The Labute approximate surface area is 95.8 Å². The molecule has 0 bridgehead atoms. The fourth-order valence-corrected chi connectivity index (χ4v) is 1.94. The SMILES string of the molecule is NC1CC(=O)N(c2cc(F)c(F)cc2Cl)C1. The highest BCUT2D eigenvalue weighted by molar-refractivity contribution is 6.33. The van der Waals surface area contributed by atoms with Crippen molar-refractivity contribution < 1.29 is 13.6 Å². The summed E-state index contributed by atoms with van der Waals surface area (Å²) in [5, 5.41) is 0.00125. The average molecular weight is 247 g/mol. The number of rotatable bonds is 1. The first-order valence-corrected chi connectivity index (χ1v) is 5.07. The molecule has 6 heteroatoms. The van der Waals surface area contributed by atoms with Crippen LogP contribution in [0.15, 0.2) is 12.1 Å². The van der Waals surface area contributed by atoms with Crippen molar-refractivity contribution in [1.82, 2.24) is 0 Å². The highest BCUT2D eigenvalue weighted by Crippen LogP contribution is 2.31. The molecule has 1 aromatic rings. The quantitative estimate of drug-likeness (QED) is 0.767. The van der Waals surface area contributed by atoms with E-state index in [0.717, 1.165) is 12.1 Å². The molecule has 1 aliphatic rings. The fraction of sp³-hybridized carbons (Fsp3) is 0.300. The van der Waals surface area contributed by atoms with Crippen LogP contribution >= 0.6 is 11.6 Å². The van der Waals surface area contributed by atoms with Crippen LogP contribution in [-0.2, 0) is 4.79 Å². The van der Waals surface area contributed by atoms with Crippen molar-refractivity contribution in [3.8, 4) is 0 Å². The Morgan fingerprint density at radius 2 is 2.00 bits per heavy atom. The van der Waals surface area contributed by atoms with Crippen LogP contribution in [0.4, 0.5) is 14.5 Å². The molecule has 1 atom stereocenters. The summed E-state index contributed by atoms with van der Waals surface area (Å²) in [4.78, 5) is 12.8. The molecule has 1 saturated heterocycles. The Kier molecular flexibility index (Phi) is 2.82. The second kappa shape index (κ2) is 3.99. The van der Waals surface area contributed by atoms with Gasteiger partial charge in [0.1, 0.15) is 0 Å². The highest BCUT2D eigenvalue weighted by Gasteiger charge is 2.30. The Morgan fingerprint density at radius 1 is 1.38 bits per heavy atom. The molecular formula is C10H9ClF2N2O. The van der Waals surface area contributed by atoms with Crippen molar-refractivity contribution in [1.29, 1.82) is 0 Å². The predicted octanol–water partition coefficient (Wildman–Crippen LogP) is 1.68. The van der Waals surface area contributed by atoms with Crippen molar-refractivity contribution in [2.24, 2.45) is 5.73 Å². The van der Waals surface area contributed by atoms with Crippen LogP contribution in [-0.4, -0.2) is 18.5 Å². The highest BCUT2D eigenvalue weighted by atomic mass is 35.5. The summed E-state index contributed by atoms with van der Waals surface area (Å²) in [6.07, 6.45) is 0.190. The number of hydrogen-bond donors (Lipinski definition) is 1. The molecule has 0 saturated carbocycles. The molecule has 0 radical (unpaired) electrons. The van der Waals surface area contributed by atoms with Crippen LogP contribution in [0.25, 0.3) is 0 Å². The van der Waals surface area contributed by atoms with Gasteiger partial charge in [-0.1, -0.05) is 11.6 Å². The van der Waals surface area contributed by atoms with Gasteiger partial charge >= 0.3 is 0 Å². The van der Waals surface area contributed by atoms with Gasteiger partial charge in [0.25, 0.3) is 0 Å². The van der Waals surface area contributed by atoms with Gasteiger partial charge in [-0.2, -0.15) is 0 Å². The van der Waals surface area contributed by atoms with Gasteiger partial charge in [-0.15, -0.1) is 0 Å². The van der Waals surface area contributed by atoms with Crippen LogP contribution in [0.3, 0.4) is 0 Å². The first-order valence-electron chi connectivity index (χ1n) is 4.69. The third kappa shape index (κ3) is 1.88. The van der Waals surface area contributed by atoms with Gasteiger partial charge < -0.3 is 10.6 Å². The lowest BCUT2D eigenvalue weighted by Crippen LogP contribution is -2.28. The summed E-state index contributed by atoms with van der Waals surface area (Å²) in [6.45, 7) is 0.267. The molecule has 1 aromatic carbocycles. The molecular weight excluding hydrogens is 238 g/mol. The van der Waals surface area contributed by atoms with Gasteiger partial charge in [0, 0.05) is 25.1 Å². The fourth-order valence-electron chi connectivity index (χ4n) is 1.69. The molecule has 86 valence electrons. The van der Waals surface area contributed by atoms with E-state index in [4.69, 9.17) is 17.3 Å².